The van der Waals surface area contributed by atoms with Gasteiger partial charge in [0.1, 0.15) is 23.9 Å². The highest BCUT2D eigenvalue weighted by Crippen LogP contribution is 2.27. The molecule has 2 rings (SSSR count). The van der Waals surface area contributed by atoms with Crippen molar-refractivity contribution < 1.29 is 29.3 Å². The van der Waals surface area contributed by atoms with Crippen LogP contribution < -0.4 is 4.74 Å². The Bertz CT molecular complexity index is 886. The second kappa shape index (κ2) is 10.8. The molecule has 0 radical (unpaired) electrons. The third-order valence-corrected chi connectivity index (χ3v) is 5.18. The maximum absolute atomic E-state index is 13.3. The van der Waals surface area contributed by atoms with Crippen molar-refractivity contribution in [1.82, 2.24) is 14.8 Å². The van der Waals surface area contributed by atoms with E-state index in [2.05, 4.69) is 16.8 Å². The van der Waals surface area contributed by atoms with Crippen LogP contribution in [0.4, 0.5) is 0 Å². The van der Waals surface area contributed by atoms with Crippen molar-refractivity contribution in [2.45, 2.75) is 45.4 Å². The molecule has 1 aromatic rings. The number of carbonyl (C=O) groups is 2. The molecule has 2 amide bonds. The fourth-order valence-electron chi connectivity index (χ4n) is 3.22. The highest BCUT2D eigenvalue weighted by atomic mass is 16.5. The molecule has 0 bridgehead atoms. The number of aromatic nitrogens is 1. The van der Waals surface area contributed by atoms with Crippen LogP contribution in [0.2, 0.25) is 0 Å². The quantitative estimate of drug-likeness (QED) is 0.612. The van der Waals surface area contributed by atoms with Gasteiger partial charge in [0, 0.05) is 38.4 Å². The number of aliphatic hydroxyl groups excluding tert-OH is 1. The topological polar surface area (TPSA) is 112 Å². The van der Waals surface area contributed by atoms with Gasteiger partial charge in [-0.1, -0.05) is 18.8 Å². The fraction of sp³-hybridized carbons (Fsp3) is 0.609. The van der Waals surface area contributed by atoms with Gasteiger partial charge in [0.25, 0.3) is 5.91 Å². The molecule has 1 aliphatic heterocycles. The molecule has 9 heteroatoms. The first kappa shape index (κ1) is 25.6. The SMILES string of the molecule is COCC(=O)N(C)C[C@@H]1Oc2ncc(C#CC(C)(C)O)cc2C(=O)N([C@@H](C)CO)C[C@H]1C. The summed E-state index contributed by atoms with van der Waals surface area (Å²) >= 11 is 0. The average Bonchev–Trinajstić information content (AvgIpc) is 2.73. The fourth-order valence-corrected chi connectivity index (χ4v) is 3.22. The molecule has 0 saturated heterocycles. The largest absolute Gasteiger partial charge is 0.472 e. The van der Waals surface area contributed by atoms with E-state index in [0.717, 1.165) is 0 Å². The Kier molecular flexibility index (Phi) is 8.61. The number of fused-ring (bicyclic) bond motifs is 1. The molecule has 0 spiro atoms. The minimum Gasteiger partial charge on any atom is -0.472 e. The maximum Gasteiger partial charge on any atom is 0.259 e. The molecule has 0 fully saturated rings. The maximum atomic E-state index is 13.3. The Morgan fingerprint density at radius 2 is 2.19 bits per heavy atom. The second-order valence-corrected chi connectivity index (χ2v) is 8.72. The summed E-state index contributed by atoms with van der Waals surface area (Å²) in [6.07, 6.45) is 1.04. The lowest BCUT2D eigenvalue weighted by Crippen LogP contribution is -2.50. The molecule has 32 heavy (non-hydrogen) atoms. The molecule has 0 saturated carbocycles. The predicted molar refractivity (Wildman–Crippen MR) is 118 cm³/mol. The molecule has 0 aliphatic carbocycles. The Hall–Kier alpha value is -2.67. The van der Waals surface area contributed by atoms with E-state index in [1.54, 1.807) is 38.8 Å². The number of pyridine rings is 1. The zero-order chi connectivity index (χ0) is 24.1. The van der Waals surface area contributed by atoms with E-state index in [1.165, 1.54) is 18.2 Å². The number of nitrogens with zero attached hydrogens (tertiary/aromatic N) is 3. The first-order chi connectivity index (χ1) is 15.0. The smallest absolute Gasteiger partial charge is 0.259 e. The Labute approximate surface area is 189 Å². The zero-order valence-corrected chi connectivity index (χ0v) is 19.6. The number of rotatable bonds is 6. The summed E-state index contributed by atoms with van der Waals surface area (Å²) < 4.78 is 11.1. The molecular formula is C23H33N3O6. The lowest BCUT2D eigenvalue weighted by atomic mass is 10.00. The van der Waals surface area contributed by atoms with Gasteiger partial charge in [-0.25, -0.2) is 4.98 Å². The highest BCUT2D eigenvalue weighted by Gasteiger charge is 2.34. The van der Waals surface area contributed by atoms with Gasteiger partial charge in [-0.15, -0.1) is 0 Å². The van der Waals surface area contributed by atoms with E-state index in [0.29, 0.717) is 12.1 Å². The third-order valence-electron chi connectivity index (χ3n) is 5.18. The van der Waals surface area contributed by atoms with Crippen LogP contribution in [0.25, 0.3) is 0 Å². The van der Waals surface area contributed by atoms with Crippen LogP contribution in [0.3, 0.4) is 0 Å². The summed E-state index contributed by atoms with van der Waals surface area (Å²) in [6.45, 7) is 7.19. The molecule has 1 aromatic heterocycles. The summed E-state index contributed by atoms with van der Waals surface area (Å²) in [5.41, 5.74) is -0.519. The van der Waals surface area contributed by atoms with E-state index in [-0.39, 0.29) is 48.9 Å². The van der Waals surface area contributed by atoms with Crippen molar-refractivity contribution >= 4 is 11.8 Å². The summed E-state index contributed by atoms with van der Waals surface area (Å²) in [6, 6.07) is 1.16. The Morgan fingerprint density at radius 1 is 1.50 bits per heavy atom. The van der Waals surface area contributed by atoms with Gasteiger partial charge < -0.3 is 29.5 Å². The predicted octanol–water partition coefficient (Wildman–Crippen LogP) is 0.529. The lowest BCUT2D eigenvalue weighted by molar-refractivity contribution is -0.135. The average molecular weight is 448 g/mol. The number of hydrogen-bond acceptors (Lipinski definition) is 7. The first-order valence-electron chi connectivity index (χ1n) is 10.5. The van der Waals surface area contributed by atoms with Gasteiger partial charge in [-0.05, 0) is 26.8 Å². The van der Waals surface area contributed by atoms with Crippen LogP contribution in [0.15, 0.2) is 12.3 Å². The Morgan fingerprint density at radius 3 is 2.78 bits per heavy atom. The molecule has 3 atom stereocenters. The van der Waals surface area contributed by atoms with Crippen LogP contribution in [0.5, 0.6) is 5.88 Å². The van der Waals surface area contributed by atoms with Gasteiger partial charge in [-0.2, -0.15) is 0 Å². The van der Waals surface area contributed by atoms with Gasteiger partial charge in [0.05, 0.1) is 19.2 Å². The van der Waals surface area contributed by atoms with Crippen molar-refractivity contribution in [2.75, 3.05) is 40.5 Å². The van der Waals surface area contributed by atoms with Crippen LogP contribution in [0, 0.1) is 17.8 Å². The van der Waals surface area contributed by atoms with Crippen molar-refractivity contribution in [3.05, 3.63) is 23.4 Å². The molecular weight excluding hydrogens is 414 g/mol. The molecule has 1 aliphatic rings. The number of aliphatic hydroxyl groups is 2. The minimum absolute atomic E-state index is 0.0399. The van der Waals surface area contributed by atoms with Crippen molar-refractivity contribution in [1.29, 1.82) is 0 Å². The number of hydrogen-bond donors (Lipinski definition) is 2. The number of amides is 2. The molecule has 2 heterocycles. The Balaban J connectivity index is 2.46. The summed E-state index contributed by atoms with van der Waals surface area (Å²) in [7, 11) is 3.12. The number of ether oxygens (including phenoxy) is 2. The zero-order valence-electron chi connectivity index (χ0n) is 19.6. The molecule has 176 valence electrons. The number of carbonyl (C=O) groups excluding carboxylic acids is 2. The first-order valence-corrected chi connectivity index (χ1v) is 10.5. The summed E-state index contributed by atoms with van der Waals surface area (Å²) in [5.74, 6) is 5.02. The van der Waals surface area contributed by atoms with E-state index in [1.807, 2.05) is 6.92 Å². The van der Waals surface area contributed by atoms with Gasteiger partial charge >= 0.3 is 0 Å². The van der Waals surface area contributed by atoms with E-state index >= 15 is 0 Å². The van der Waals surface area contributed by atoms with Crippen LogP contribution in [-0.2, 0) is 9.53 Å². The molecule has 2 N–H and O–H groups in total. The van der Waals surface area contributed by atoms with Crippen LogP contribution in [-0.4, -0.2) is 95.0 Å². The second-order valence-electron chi connectivity index (χ2n) is 8.72. The summed E-state index contributed by atoms with van der Waals surface area (Å²) in [4.78, 5) is 32.9. The molecule has 9 nitrogen and oxygen atoms in total. The minimum atomic E-state index is -1.19. The summed E-state index contributed by atoms with van der Waals surface area (Å²) in [5, 5.41) is 19.6. The number of likely N-dealkylation sites (N-methyl/N-ethyl adjacent to an activating group) is 1. The van der Waals surface area contributed by atoms with Gasteiger partial charge in [0.15, 0.2) is 0 Å². The highest BCUT2D eigenvalue weighted by molar-refractivity contribution is 5.97. The number of methoxy groups -OCH3 is 1. The van der Waals surface area contributed by atoms with Gasteiger partial charge in [-0.3, -0.25) is 9.59 Å². The third kappa shape index (κ3) is 6.66. The van der Waals surface area contributed by atoms with E-state index in [9.17, 15) is 19.8 Å². The monoisotopic (exact) mass is 447 g/mol. The van der Waals surface area contributed by atoms with E-state index in [4.69, 9.17) is 9.47 Å². The van der Waals surface area contributed by atoms with Crippen LogP contribution >= 0.6 is 0 Å². The molecule has 0 unspecified atom stereocenters. The van der Waals surface area contributed by atoms with Crippen LogP contribution in [0.1, 0.15) is 43.6 Å². The van der Waals surface area contributed by atoms with E-state index < -0.39 is 17.7 Å². The van der Waals surface area contributed by atoms with Crippen molar-refractivity contribution in [3.8, 4) is 17.7 Å². The van der Waals surface area contributed by atoms with Crippen molar-refractivity contribution in [2.24, 2.45) is 5.92 Å². The normalized spacial score (nSPS) is 19.6. The van der Waals surface area contributed by atoms with Crippen molar-refractivity contribution in [3.63, 3.8) is 0 Å². The van der Waals surface area contributed by atoms with Gasteiger partial charge in [0.2, 0.25) is 11.8 Å². The molecule has 0 aromatic carbocycles. The standard InChI is InChI=1S/C23H33N3O6/c1-15-11-26(16(2)13-27)22(29)18-9-17(7-8-23(3,4)30)10-24-21(18)32-19(15)12-25(5)20(28)14-31-6/h9-10,15-16,19,27,30H,11-14H2,1-6H3/t15-,16+,19+/m1/s1. The lowest BCUT2D eigenvalue weighted by Gasteiger charge is -2.37.